The smallest absolute Gasteiger partial charge is 0.329 e. The Morgan fingerprint density at radius 3 is 2.54 bits per heavy atom. The van der Waals surface area contributed by atoms with Crippen LogP contribution < -0.4 is 4.74 Å². The van der Waals surface area contributed by atoms with Crippen molar-refractivity contribution in [2.45, 2.75) is 51.2 Å². The molecule has 0 unspecified atom stereocenters. The normalized spacial score (nSPS) is 18.0. The Kier molecular flexibility index (Phi) is 6.77. The van der Waals surface area contributed by atoms with Gasteiger partial charge in [-0.3, -0.25) is 0 Å². The van der Waals surface area contributed by atoms with Crippen LogP contribution in [0.15, 0.2) is 65.3 Å². The molecule has 2 aromatic carbocycles. The van der Waals surface area contributed by atoms with E-state index < -0.39 is 5.97 Å². The lowest BCUT2D eigenvalue weighted by Crippen LogP contribution is -2.31. The van der Waals surface area contributed by atoms with Gasteiger partial charge < -0.3 is 19.0 Å². The molecule has 4 aromatic rings. The fraction of sp³-hybridized carbons (Fsp3) is 0.321. The molecule has 0 bridgehead atoms. The number of carbonyl (C=O) groups is 1. The molecule has 35 heavy (non-hydrogen) atoms. The molecule has 1 N–H and O–H groups in total. The molecular weight excluding hydrogens is 444 g/mol. The van der Waals surface area contributed by atoms with Crippen molar-refractivity contribution in [3.8, 4) is 28.3 Å². The summed E-state index contributed by atoms with van der Waals surface area (Å²) in [7, 11) is 0. The number of rotatable bonds is 8. The van der Waals surface area contributed by atoms with E-state index in [1.165, 1.54) is 11.9 Å². The summed E-state index contributed by atoms with van der Waals surface area (Å²) in [6, 6.07) is 18.4. The van der Waals surface area contributed by atoms with Crippen molar-refractivity contribution in [2.75, 3.05) is 6.61 Å². The second-order valence-corrected chi connectivity index (χ2v) is 8.81. The molecule has 0 saturated heterocycles. The van der Waals surface area contributed by atoms with Gasteiger partial charge in [-0.25, -0.2) is 14.8 Å². The van der Waals surface area contributed by atoms with Gasteiger partial charge in [0.05, 0.1) is 6.10 Å². The third-order valence-electron chi connectivity index (χ3n) is 6.44. The number of furan rings is 1. The van der Waals surface area contributed by atoms with E-state index in [1.807, 2.05) is 30.3 Å². The van der Waals surface area contributed by atoms with Gasteiger partial charge in [0.15, 0.2) is 0 Å². The largest absolute Gasteiger partial charge is 0.480 e. The summed E-state index contributed by atoms with van der Waals surface area (Å²) in [4.78, 5) is 19.8. The first-order chi connectivity index (χ1) is 17.1. The number of aliphatic carboxylic acids is 1. The lowest BCUT2D eigenvalue weighted by molar-refractivity contribution is -0.145. The van der Waals surface area contributed by atoms with Crippen LogP contribution in [0.4, 0.5) is 0 Å². The van der Waals surface area contributed by atoms with E-state index in [1.54, 1.807) is 0 Å². The lowest BCUT2D eigenvalue weighted by Gasteiger charge is -2.29. The Labute approximate surface area is 203 Å². The second kappa shape index (κ2) is 10.3. The number of hydrogen-bond acceptors (Lipinski definition) is 6. The van der Waals surface area contributed by atoms with Gasteiger partial charge in [-0.15, -0.1) is 0 Å². The molecule has 1 saturated carbocycles. The zero-order valence-electron chi connectivity index (χ0n) is 19.6. The Morgan fingerprint density at radius 1 is 1.03 bits per heavy atom. The Bertz CT molecular complexity index is 1300. The summed E-state index contributed by atoms with van der Waals surface area (Å²) in [5.41, 5.74) is 4.58. The number of fused-ring (bicyclic) bond motifs is 1. The molecule has 7 nitrogen and oxygen atoms in total. The molecular formula is C28H28N2O5. The summed E-state index contributed by atoms with van der Waals surface area (Å²) < 4.78 is 18.3. The number of nitrogens with zero attached hydrogens (tertiary/aromatic N) is 2. The van der Waals surface area contributed by atoms with Crippen LogP contribution in [-0.2, 0) is 16.0 Å². The predicted molar refractivity (Wildman–Crippen MR) is 132 cm³/mol. The van der Waals surface area contributed by atoms with Gasteiger partial charge in [-0.2, -0.15) is 0 Å². The molecule has 7 heteroatoms. The molecule has 5 rings (SSSR count). The number of benzene rings is 2. The molecule has 0 amide bonds. The van der Waals surface area contributed by atoms with Crippen molar-refractivity contribution in [3.63, 3.8) is 0 Å². The van der Waals surface area contributed by atoms with Crippen molar-refractivity contribution >= 4 is 17.1 Å². The highest BCUT2D eigenvalue weighted by atomic mass is 16.5. The minimum atomic E-state index is -0.962. The van der Waals surface area contributed by atoms with Gasteiger partial charge in [-0.05, 0) is 36.8 Å². The number of aryl methyl sites for hydroxylation is 1. The second-order valence-electron chi connectivity index (χ2n) is 8.81. The van der Waals surface area contributed by atoms with Gasteiger partial charge >= 0.3 is 5.97 Å². The van der Waals surface area contributed by atoms with E-state index in [4.69, 9.17) is 19.0 Å². The van der Waals surface area contributed by atoms with E-state index in [0.29, 0.717) is 18.0 Å². The van der Waals surface area contributed by atoms with E-state index in [2.05, 4.69) is 41.2 Å². The minimum absolute atomic E-state index is 0.133. The quantitative estimate of drug-likeness (QED) is 0.341. The lowest BCUT2D eigenvalue weighted by atomic mass is 9.94. The van der Waals surface area contributed by atoms with Crippen LogP contribution in [0.2, 0.25) is 0 Å². The Morgan fingerprint density at radius 2 is 1.80 bits per heavy atom. The summed E-state index contributed by atoms with van der Waals surface area (Å²) in [5, 5.41) is 9.69. The molecule has 0 spiro atoms. The van der Waals surface area contributed by atoms with E-state index >= 15 is 0 Å². The molecule has 1 aliphatic rings. The van der Waals surface area contributed by atoms with E-state index in [9.17, 15) is 4.79 Å². The molecule has 180 valence electrons. The third-order valence-corrected chi connectivity index (χ3v) is 6.44. The van der Waals surface area contributed by atoms with Crippen molar-refractivity contribution < 1.29 is 23.8 Å². The first-order valence-electron chi connectivity index (χ1n) is 12.0. The van der Waals surface area contributed by atoms with Crippen molar-refractivity contribution in [3.05, 3.63) is 66.5 Å². The van der Waals surface area contributed by atoms with Crippen LogP contribution in [0.1, 0.15) is 38.2 Å². The van der Waals surface area contributed by atoms with Gasteiger partial charge in [0, 0.05) is 17.5 Å². The van der Waals surface area contributed by atoms with Crippen molar-refractivity contribution in [1.82, 2.24) is 9.97 Å². The molecule has 2 atom stereocenters. The SMILES string of the molecule is CCc1ccc(-c2c(-c3ccccc3)oc3ncnc(O[C@@H]4CCC[C@H](OCC(=O)O)C4)c23)cc1. The molecule has 2 aromatic heterocycles. The molecule has 1 aliphatic carbocycles. The van der Waals surface area contributed by atoms with Crippen LogP contribution in [-0.4, -0.2) is 39.9 Å². The number of hydrogen-bond donors (Lipinski definition) is 1. The highest BCUT2D eigenvalue weighted by Gasteiger charge is 2.28. The molecule has 0 radical (unpaired) electrons. The maximum absolute atomic E-state index is 10.9. The Hall–Kier alpha value is -3.71. The molecule has 0 aliphatic heterocycles. The van der Waals surface area contributed by atoms with Crippen LogP contribution in [0.5, 0.6) is 5.88 Å². The topological polar surface area (TPSA) is 94.7 Å². The highest BCUT2D eigenvalue weighted by Crippen LogP contribution is 2.43. The van der Waals surface area contributed by atoms with E-state index in [-0.39, 0.29) is 18.8 Å². The fourth-order valence-electron chi connectivity index (χ4n) is 4.68. The van der Waals surface area contributed by atoms with Gasteiger partial charge in [0.25, 0.3) is 0 Å². The predicted octanol–water partition coefficient (Wildman–Crippen LogP) is 5.91. The standard InChI is InChI=1S/C28H28N2O5/c1-2-18-11-13-19(14-12-18)24-25-27(34-22-10-6-9-21(15-22)33-16-23(31)32)29-17-30-28(25)35-26(24)20-7-4-3-5-8-20/h3-5,7-8,11-14,17,21-22H,2,6,9-10,15-16H2,1H3,(H,31,32)/t21-,22+/m0/s1. The van der Waals surface area contributed by atoms with Gasteiger partial charge in [-0.1, -0.05) is 61.5 Å². The van der Waals surface area contributed by atoms with Crippen LogP contribution in [0.25, 0.3) is 33.6 Å². The van der Waals surface area contributed by atoms with Gasteiger partial charge in [0.2, 0.25) is 11.6 Å². The minimum Gasteiger partial charge on any atom is -0.480 e. The number of ether oxygens (including phenoxy) is 2. The first kappa shape index (κ1) is 23.1. The summed E-state index contributed by atoms with van der Waals surface area (Å²) in [6.45, 7) is 1.84. The maximum atomic E-state index is 10.9. The number of carboxylic acid groups (broad SMARTS) is 1. The molecule has 1 fully saturated rings. The number of carboxylic acids is 1. The van der Waals surface area contributed by atoms with Crippen LogP contribution in [0, 0.1) is 0 Å². The maximum Gasteiger partial charge on any atom is 0.329 e. The van der Waals surface area contributed by atoms with Crippen molar-refractivity contribution in [2.24, 2.45) is 0 Å². The summed E-state index contributed by atoms with van der Waals surface area (Å²) in [6.07, 6.45) is 5.33. The summed E-state index contributed by atoms with van der Waals surface area (Å²) >= 11 is 0. The Balaban J connectivity index is 1.55. The van der Waals surface area contributed by atoms with Crippen molar-refractivity contribution in [1.29, 1.82) is 0 Å². The summed E-state index contributed by atoms with van der Waals surface area (Å²) in [5.74, 6) is 0.233. The number of aromatic nitrogens is 2. The zero-order valence-corrected chi connectivity index (χ0v) is 19.6. The zero-order chi connectivity index (χ0) is 24.2. The van der Waals surface area contributed by atoms with Gasteiger partial charge in [0.1, 0.15) is 30.2 Å². The fourth-order valence-corrected chi connectivity index (χ4v) is 4.68. The van der Waals surface area contributed by atoms with Crippen LogP contribution in [0.3, 0.4) is 0 Å². The van der Waals surface area contributed by atoms with E-state index in [0.717, 1.165) is 53.5 Å². The van der Waals surface area contributed by atoms with Crippen LogP contribution >= 0.6 is 0 Å². The third kappa shape index (κ3) is 5.05. The highest BCUT2D eigenvalue weighted by molar-refractivity contribution is 6.03. The average molecular weight is 473 g/mol. The molecule has 2 heterocycles. The average Bonchev–Trinajstić information content (AvgIpc) is 3.29. The first-order valence-corrected chi connectivity index (χ1v) is 12.0. The monoisotopic (exact) mass is 472 g/mol.